The molecule has 126 valence electrons. The second kappa shape index (κ2) is 6.91. The first kappa shape index (κ1) is 16.9. The second-order valence-electron chi connectivity index (χ2n) is 6.27. The summed E-state index contributed by atoms with van der Waals surface area (Å²) in [6, 6.07) is 11.6. The van der Waals surface area contributed by atoms with Gasteiger partial charge in [0, 0.05) is 6.54 Å². The standard InChI is InChI=1S/C19H19FN2O.ClH/c20-18-15-9-10-21-11-13(15)6-8-17(18)22-19(23)16-7-5-12-3-1-2-4-14(12)16;/h1-4,6,8,16,21H,5,7,9-11H2,(H,22,23);1H. The molecule has 1 aliphatic carbocycles. The van der Waals surface area contributed by atoms with E-state index >= 15 is 0 Å². The van der Waals surface area contributed by atoms with E-state index in [0.29, 0.717) is 18.7 Å². The van der Waals surface area contributed by atoms with Gasteiger partial charge in [0.2, 0.25) is 5.91 Å². The van der Waals surface area contributed by atoms with Gasteiger partial charge in [-0.15, -0.1) is 12.4 Å². The van der Waals surface area contributed by atoms with Crippen molar-refractivity contribution in [1.29, 1.82) is 0 Å². The molecule has 0 radical (unpaired) electrons. The molecule has 5 heteroatoms. The summed E-state index contributed by atoms with van der Waals surface area (Å²) in [6.45, 7) is 1.47. The zero-order valence-corrected chi connectivity index (χ0v) is 14.1. The number of hydrogen-bond acceptors (Lipinski definition) is 2. The Balaban J connectivity index is 0.00000169. The fourth-order valence-electron chi connectivity index (χ4n) is 3.68. The molecule has 0 saturated heterocycles. The average molecular weight is 347 g/mol. The average Bonchev–Trinajstić information content (AvgIpc) is 3.02. The topological polar surface area (TPSA) is 41.1 Å². The largest absolute Gasteiger partial charge is 0.323 e. The summed E-state index contributed by atoms with van der Waals surface area (Å²) in [4.78, 5) is 12.6. The van der Waals surface area contributed by atoms with Crippen LogP contribution in [0.2, 0.25) is 0 Å². The maximum absolute atomic E-state index is 14.7. The van der Waals surface area contributed by atoms with Crippen molar-refractivity contribution < 1.29 is 9.18 Å². The first-order valence-corrected chi connectivity index (χ1v) is 8.13. The highest BCUT2D eigenvalue weighted by molar-refractivity contribution is 5.96. The number of carbonyl (C=O) groups is 1. The Kier molecular flexibility index (Phi) is 4.88. The lowest BCUT2D eigenvalue weighted by atomic mass is 9.98. The molecule has 0 fully saturated rings. The number of nitrogens with one attached hydrogen (secondary N) is 2. The number of benzene rings is 2. The minimum atomic E-state index is -0.274. The van der Waals surface area contributed by atoms with Crippen molar-refractivity contribution in [3.63, 3.8) is 0 Å². The predicted octanol–water partition coefficient (Wildman–Crippen LogP) is 3.56. The number of halogens is 2. The van der Waals surface area contributed by atoms with Crippen LogP contribution < -0.4 is 10.6 Å². The number of anilines is 1. The van der Waals surface area contributed by atoms with E-state index in [-0.39, 0.29) is 30.0 Å². The molecular weight excluding hydrogens is 327 g/mol. The van der Waals surface area contributed by atoms with Gasteiger partial charge in [-0.3, -0.25) is 4.79 Å². The number of rotatable bonds is 2. The molecule has 3 nitrogen and oxygen atoms in total. The molecule has 1 unspecified atom stereocenters. The van der Waals surface area contributed by atoms with E-state index in [9.17, 15) is 9.18 Å². The number of hydrogen-bond donors (Lipinski definition) is 2. The Bertz CT molecular complexity index is 778. The van der Waals surface area contributed by atoms with E-state index in [0.717, 1.165) is 36.1 Å². The first-order valence-electron chi connectivity index (χ1n) is 8.13. The molecule has 2 aromatic carbocycles. The minimum absolute atomic E-state index is 0. The van der Waals surface area contributed by atoms with Crippen LogP contribution in [0, 0.1) is 5.82 Å². The molecular formula is C19H20ClFN2O. The van der Waals surface area contributed by atoms with Crippen LogP contribution in [0.15, 0.2) is 36.4 Å². The maximum Gasteiger partial charge on any atom is 0.232 e. The highest BCUT2D eigenvalue weighted by Gasteiger charge is 2.29. The van der Waals surface area contributed by atoms with Crippen LogP contribution in [0.5, 0.6) is 0 Å². The number of amides is 1. The fraction of sp³-hybridized carbons (Fsp3) is 0.316. The van der Waals surface area contributed by atoms with E-state index in [1.165, 1.54) is 5.56 Å². The fourth-order valence-corrected chi connectivity index (χ4v) is 3.68. The molecule has 0 aromatic heterocycles. The second-order valence-corrected chi connectivity index (χ2v) is 6.27. The predicted molar refractivity (Wildman–Crippen MR) is 95.2 cm³/mol. The molecule has 0 spiro atoms. The molecule has 1 aliphatic heterocycles. The monoisotopic (exact) mass is 346 g/mol. The van der Waals surface area contributed by atoms with E-state index in [1.807, 2.05) is 24.3 Å². The van der Waals surface area contributed by atoms with Crippen LogP contribution >= 0.6 is 12.4 Å². The third kappa shape index (κ3) is 2.92. The Labute approximate surface area is 147 Å². The van der Waals surface area contributed by atoms with Gasteiger partial charge in [-0.1, -0.05) is 30.3 Å². The Hall–Kier alpha value is -1.91. The van der Waals surface area contributed by atoms with Crippen molar-refractivity contribution >= 4 is 24.0 Å². The van der Waals surface area contributed by atoms with E-state index in [1.54, 1.807) is 6.07 Å². The number of carbonyl (C=O) groups excluding carboxylic acids is 1. The lowest BCUT2D eigenvalue weighted by molar-refractivity contribution is -0.117. The van der Waals surface area contributed by atoms with E-state index in [2.05, 4.69) is 16.7 Å². The van der Waals surface area contributed by atoms with Crippen molar-refractivity contribution in [2.24, 2.45) is 0 Å². The lowest BCUT2D eigenvalue weighted by Gasteiger charge is -2.20. The third-order valence-electron chi connectivity index (χ3n) is 4.91. The molecule has 1 heterocycles. The molecule has 24 heavy (non-hydrogen) atoms. The van der Waals surface area contributed by atoms with Crippen LogP contribution in [-0.4, -0.2) is 12.5 Å². The third-order valence-corrected chi connectivity index (χ3v) is 4.91. The summed E-state index contributed by atoms with van der Waals surface area (Å²) < 4.78 is 14.7. The van der Waals surface area contributed by atoms with Crippen molar-refractivity contribution in [2.45, 2.75) is 31.7 Å². The normalized spacial score (nSPS) is 18.3. The number of aryl methyl sites for hydroxylation is 1. The minimum Gasteiger partial charge on any atom is -0.323 e. The van der Waals surface area contributed by atoms with Gasteiger partial charge < -0.3 is 10.6 Å². The summed E-state index contributed by atoms with van der Waals surface area (Å²) in [6.07, 6.45) is 2.37. The highest BCUT2D eigenvalue weighted by atomic mass is 35.5. The van der Waals surface area contributed by atoms with Gasteiger partial charge in [-0.2, -0.15) is 0 Å². The van der Waals surface area contributed by atoms with Crippen molar-refractivity contribution in [1.82, 2.24) is 5.32 Å². The van der Waals surface area contributed by atoms with E-state index in [4.69, 9.17) is 0 Å². The SMILES string of the molecule is Cl.O=C(Nc1ccc2c(c1F)CCNC2)C1CCc2ccccc21. The Morgan fingerprint density at radius 1 is 1.12 bits per heavy atom. The Morgan fingerprint density at radius 3 is 2.83 bits per heavy atom. The lowest BCUT2D eigenvalue weighted by Crippen LogP contribution is -2.26. The summed E-state index contributed by atoms with van der Waals surface area (Å²) >= 11 is 0. The smallest absolute Gasteiger partial charge is 0.232 e. The maximum atomic E-state index is 14.7. The summed E-state index contributed by atoms with van der Waals surface area (Å²) in [5, 5.41) is 6.04. The molecule has 1 amide bonds. The first-order chi connectivity index (χ1) is 11.2. The molecule has 2 aliphatic rings. The zero-order valence-electron chi connectivity index (χ0n) is 13.3. The van der Waals surface area contributed by atoms with Crippen LogP contribution in [0.3, 0.4) is 0 Å². The van der Waals surface area contributed by atoms with Gasteiger partial charge in [0.05, 0.1) is 11.6 Å². The summed E-state index contributed by atoms with van der Waals surface area (Å²) in [5.74, 6) is -0.560. The van der Waals surface area contributed by atoms with Gasteiger partial charge in [0.15, 0.2) is 0 Å². The quantitative estimate of drug-likeness (QED) is 0.873. The van der Waals surface area contributed by atoms with E-state index < -0.39 is 0 Å². The summed E-state index contributed by atoms with van der Waals surface area (Å²) in [7, 11) is 0. The van der Waals surface area contributed by atoms with Crippen LogP contribution in [0.25, 0.3) is 0 Å². The van der Waals surface area contributed by atoms with Gasteiger partial charge in [0.25, 0.3) is 0 Å². The van der Waals surface area contributed by atoms with Crippen molar-refractivity contribution in [3.05, 3.63) is 64.5 Å². The number of fused-ring (bicyclic) bond motifs is 2. The van der Waals surface area contributed by atoms with Gasteiger partial charge in [-0.05, 0) is 54.1 Å². The van der Waals surface area contributed by atoms with Gasteiger partial charge in [0.1, 0.15) is 5.82 Å². The van der Waals surface area contributed by atoms with Gasteiger partial charge in [-0.25, -0.2) is 4.39 Å². The zero-order chi connectivity index (χ0) is 15.8. The molecule has 0 bridgehead atoms. The molecule has 2 aromatic rings. The molecule has 1 atom stereocenters. The highest BCUT2D eigenvalue weighted by Crippen LogP contribution is 2.34. The van der Waals surface area contributed by atoms with Crippen molar-refractivity contribution in [3.8, 4) is 0 Å². The summed E-state index contributed by atoms with van der Waals surface area (Å²) in [5.41, 5.74) is 4.32. The molecule has 0 saturated carbocycles. The molecule has 4 rings (SSSR count). The van der Waals surface area contributed by atoms with Crippen molar-refractivity contribution in [2.75, 3.05) is 11.9 Å². The van der Waals surface area contributed by atoms with Crippen LogP contribution in [0.1, 0.15) is 34.6 Å². The van der Waals surface area contributed by atoms with Crippen LogP contribution in [-0.2, 0) is 24.2 Å². The Morgan fingerprint density at radius 2 is 1.96 bits per heavy atom. The molecule has 2 N–H and O–H groups in total. The van der Waals surface area contributed by atoms with Gasteiger partial charge >= 0.3 is 0 Å². The van der Waals surface area contributed by atoms with Crippen LogP contribution in [0.4, 0.5) is 10.1 Å².